The molecule has 13 heavy (non-hydrogen) atoms. The van der Waals surface area contributed by atoms with Gasteiger partial charge in [-0.15, -0.1) is 0 Å². The van der Waals surface area contributed by atoms with Gasteiger partial charge in [-0.05, 0) is 25.0 Å². The molecular weight excluding hydrogens is 158 g/mol. The average Bonchev–Trinajstić information content (AvgIpc) is 2.56. The standard InChI is InChI=1S/C12H15N/c1-3-10-9-13(4-2)12-8-6-5-7-11(10)12/h5-9H,3-4H2,1-2H3. The van der Waals surface area contributed by atoms with Crippen molar-refractivity contribution >= 4 is 10.9 Å². The Morgan fingerprint density at radius 2 is 1.92 bits per heavy atom. The average molecular weight is 173 g/mol. The fourth-order valence-electron chi connectivity index (χ4n) is 1.87. The topological polar surface area (TPSA) is 4.93 Å². The van der Waals surface area contributed by atoms with Crippen LogP contribution in [0.4, 0.5) is 0 Å². The second-order valence-electron chi connectivity index (χ2n) is 3.31. The minimum atomic E-state index is 1.06. The number of para-hydroxylation sites is 1. The molecular formula is C12H15N. The van der Waals surface area contributed by atoms with Crippen LogP contribution in [0.1, 0.15) is 19.4 Å². The molecule has 0 bridgehead atoms. The van der Waals surface area contributed by atoms with E-state index in [0.29, 0.717) is 0 Å². The summed E-state index contributed by atoms with van der Waals surface area (Å²) in [6.45, 7) is 5.45. The summed E-state index contributed by atoms with van der Waals surface area (Å²) in [7, 11) is 0. The lowest BCUT2D eigenvalue weighted by molar-refractivity contribution is 0.793. The van der Waals surface area contributed by atoms with E-state index < -0.39 is 0 Å². The molecule has 0 radical (unpaired) electrons. The normalized spacial score (nSPS) is 10.9. The van der Waals surface area contributed by atoms with Crippen molar-refractivity contribution in [2.45, 2.75) is 26.8 Å². The molecule has 0 amide bonds. The molecule has 0 aliphatic heterocycles. The van der Waals surface area contributed by atoms with Crippen LogP contribution in [-0.2, 0) is 13.0 Å². The first kappa shape index (κ1) is 8.36. The molecule has 0 aliphatic rings. The minimum absolute atomic E-state index is 1.06. The quantitative estimate of drug-likeness (QED) is 0.657. The lowest BCUT2D eigenvalue weighted by Crippen LogP contribution is -1.89. The largest absolute Gasteiger partial charge is 0.347 e. The Balaban J connectivity index is 2.74. The zero-order chi connectivity index (χ0) is 9.26. The number of benzene rings is 1. The molecule has 1 heteroatoms. The van der Waals surface area contributed by atoms with Crippen molar-refractivity contribution in [2.75, 3.05) is 0 Å². The molecule has 0 saturated heterocycles. The van der Waals surface area contributed by atoms with Crippen molar-refractivity contribution in [2.24, 2.45) is 0 Å². The smallest absolute Gasteiger partial charge is 0.0483 e. The van der Waals surface area contributed by atoms with Crippen LogP contribution >= 0.6 is 0 Å². The van der Waals surface area contributed by atoms with Gasteiger partial charge in [0.1, 0.15) is 0 Å². The number of aryl methyl sites for hydroxylation is 2. The number of fused-ring (bicyclic) bond motifs is 1. The highest BCUT2D eigenvalue weighted by Gasteiger charge is 2.03. The van der Waals surface area contributed by atoms with Crippen molar-refractivity contribution < 1.29 is 0 Å². The molecule has 2 aromatic rings. The highest BCUT2D eigenvalue weighted by Crippen LogP contribution is 2.21. The number of rotatable bonds is 2. The summed E-state index contributed by atoms with van der Waals surface area (Å²) in [6, 6.07) is 8.62. The first-order valence-corrected chi connectivity index (χ1v) is 4.93. The molecule has 1 nitrogen and oxygen atoms in total. The van der Waals surface area contributed by atoms with Crippen molar-refractivity contribution in [1.29, 1.82) is 0 Å². The van der Waals surface area contributed by atoms with Gasteiger partial charge in [-0.3, -0.25) is 0 Å². The van der Waals surface area contributed by atoms with Crippen LogP contribution in [0.15, 0.2) is 30.5 Å². The Hall–Kier alpha value is -1.24. The van der Waals surface area contributed by atoms with Gasteiger partial charge in [-0.2, -0.15) is 0 Å². The number of hydrogen-bond donors (Lipinski definition) is 0. The third-order valence-corrected chi connectivity index (χ3v) is 2.59. The summed E-state index contributed by atoms with van der Waals surface area (Å²) in [5.41, 5.74) is 2.82. The summed E-state index contributed by atoms with van der Waals surface area (Å²) >= 11 is 0. The second-order valence-corrected chi connectivity index (χ2v) is 3.31. The molecule has 68 valence electrons. The van der Waals surface area contributed by atoms with Crippen LogP contribution in [-0.4, -0.2) is 4.57 Å². The minimum Gasteiger partial charge on any atom is -0.347 e. The van der Waals surface area contributed by atoms with E-state index in [2.05, 4.69) is 48.9 Å². The van der Waals surface area contributed by atoms with Crippen LogP contribution in [0, 0.1) is 0 Å². The Kier molecular flexibility index (Phi) is 2.09. The van der Waals surface area contributed by atoms with Crippen LogP contribution in [0.3, 0.4) is 0 Å². The molecule has 0 unspecified atom stereocenters. The maximum absolute atomic E-state index is 2.31. The molecule has 0 aliphatic carbocycles. The lowest BCUT2D eigenvalue weighted by Gasteiger charge is -1.98. The Morgan fingerprint density at radius 1 is 1.15 bits per heavy atom. The Labute approximate surface area is 79.0 Å². The molecule has 1 aromatic carbocycles. The van der Waals surface area contributed by atoms with Gasteiger partial charge >= 0.3 is 0 Å². The summed E-state index contributed by atoms with van der Waals surface area (Å²) in [4.78, 5) is 0. The van der Waals surface area contributed by atoms with Gasteiger partial charge in [-0.1, -0.05) is 25.1 Å². The first-order chi connectivity index (χ1) is 6.36. The van der Waals surface area contributed by atoms with Crippen molar-refractivity contribution in [3.63, 3.8) is 0 Å². The van der Waals surface area contributed by atoms with E-state index in [4.69, 9.17) is 0 Å². The van der Waals surface area contributed by atoms with E-state index in [0.717, 1.165) is 13.0 Å². The SMILES string of the molecule is CCc1cn(CC)c2ccccc12. The summed E-state index contributed by atoms with van der Waals surface area (Å²) in [5.74, 6) is 0. The third kappa shape index (κ3) is 1.24. The maximum Gasteiger partial charge on any atom is 0.0483 e. The number of hydrogen-bond acceptors (Lipinski definition) is 0. The van der Waals surface area contributed by atoms with Crippen LogP contribution in [0.5, 0.6) is 0 Å². The summed E-state index contributed by atoms with van der Waals surface area (Å²) in [5, 5.41) is 1.41. The van der Waals surface area contributed by atoms with Gasteiger partial charge < -0.3 is 4.57 Å². The van der Waals surface area contributed by atoms with Crippen LogP contribution in [0.25, 0.3) is 10.9 Å². The van der Waals surface area contributed by atoms with E-state index in [1.165, 1.54) is 16.5 Å². The fourth-order valence-corrected chi connectivity index (χ4v) is 1.87. The van der Waals surface area contributed by atoms with Gasteiger partial charge in [0, 0.05) is 23.6 Å². The van der Waals surface area contributed by atoms with Gasteiger partial charge in [0.2, 0.25) is 0 Å². The number of nitrogens with zero attached hydrogens (tertiary/aromatic N) is 1. The molecule has 0 N–H and O–H groups in total. The van der Waals surface area contributed by atoms with E-state index in [1.54, 1.807) is 0 Å². The Morgan fingerprint density at radius 3 is 2.62 bits per heavy atom. The number of aromatic nitrogens is 1. The zero-order valence-electron chi connectivity index (χ0n) is 8.25. The summed E-state index contributed by atoms with van der Waals surface area (Å²) in [6.07, 6.45) is 3.39. The zero-order valence-corrected chi connectivity index (χ0v) is 8.25. The predicted molar refractivity (Wildman–Crippen MR) is 57.0 cm³/mol. The van der Waals surface area contributed by atoms with E-state index in [9.17, 15) is 0 Å². The fraction of sp³-hybridized carbons (Fsp3) is 0.333. The lowest BCUT2D eigenvalue weighted by atomic mass is 10.1. The van der Waals surface area contributed by atoms with Crippen molar-refractivity contribution in [1.82, 2.24) is 4.57 Å². The van der Waals surface area contributed by atoms with E-state index in [-0.39, 0.29) is 0 Å². The predicted octanol–water partition coefficient (Wildman–Crippen LogP) is 3.22. The molecule has 1 aromatic heterocycles. The van der Waals surface area contributed by atoms with Crippen molar-refractivity contribution in [3.05, 3.63) is 36.0 Å². The molecule has 0 spiro atoms. The molecule has 0 fully saturated rings. The van der Waals surface area contributed by atoms with Gasteiger partial charge in [0.05, 0.1) is 0 Å². The Bertz CT molecular complexity index is 374. The third-order valence-electron chi connectivity index (χ3n) is 2.59. The highest BCUT2D eigenvalue weighted by molar-refractivity contribution is 5.83. The molecule has 1 heterocycles. The van der Waals surface area contributed by atoms with Crippen molar-refractivity contribution in [3.8, 4) is 0 Å². The van der Waals surface area contributed by atoms with Crippen LogP contribution in [0.2, 0.25) is 0 Å². The highest BCUT2D eigenvalue weighted by atomic mass is 14.9. The molecule has 2 rings (SSSR count). The van der Waals surface area contributed by atoms with Gasteiger partial charge in [0.25, 0.3) is 0 Å². The second kappa shape index (κ2) is 3.25. The molecule has 0 atom stereocenters. The van der Waals surface area contributed by atoms with Gasteiger partial charge in [-0.25, -0.2) is 0 Å². The summed E-state index contributed by atoms with van der Waals surface area (Å²) < 4.78 is 2.31. The van der Waals surface area contributed by atoms with Gasteiger partial charge in [0.15, 0.2) is 0 Å². The first-order valence-electron chi connectivity index (χ1n) is 4.93. The van der Waals surface area contributed by atoms with E-state index >= 15 is 0 Å². The van der Waals surface area contributed by atoms with Crippen LogP contribution < -0.4 is 0 Å². The monoisotopic (exact) mass is 173 g/mol. The molecule has 0 saturated carbocycles. The van der Waals surface area contributed by atoms with E-state index in [1.807, 2.05) is 0 Å². The maximum atomic E-state index is 2.31.